The van der Waals surface area contributed by atoms with E-state index in [0.717, 1.165) is 25.3 Å². The van der Waals surface area contributed by atoms with Crippen LogP contribution in [0.3, 0.4) is 0 Å². The van der Waals surface area contributed by atoms with Crippen LogP contribution in [0.5, 0.6) is 5.75 Å². The summed E-state index contributed by atoms with van der Waals surface area (Å²) in [5.41, 5.74) is -0.346. The van der Waals surface area contributed by atoms with Crippen molar-refractivity contribution in [3.05, 3.63) is 33.9 Å². The first kappa shape index (κ1) is 19.7. The maximum atomic E-state index is 12.2. The van der Waals surface area contributed by atoms with Crippen LogP contribution in [0.15, 0.2) is 18.2 Å². The number of methoxy groups -OCH3 is 1. The third-order valence-electron chi connectivity index (χ3n) is 4.99. The highest BCUT2D eigenvalue weighted by Crippen LogP contribution is 2.30. The molecule has 1 aromatic rings. The molecule has 142 valence electrons. The van der Waals surface area contributed by atoms with Gasteiger partial charge in [0.2, 0.25) is 0 Å². The summed E-state index contributed by atoms with van der Waals surface area (Å²) >= 11 is 0. The molecule has 1 N–H and O–H groups in total. The molecule has 1 aliphatic carbocycles. The SMILES string of the molecule is COC(=O)c1ccc(OCC(=O)N[C@H]2CCC[C@@H](C)[C@H]2C)c([N+](=O)[O-])c1. The van der Waals surface area contributed by atoms with Crippen LogP contribution in [-0.4, -0.2) is 36.6 Å². The number of nitro benzene ring substituents is 1. The summed E-state index contributed by atoms with van der Waals surface area (Å²) in [5.74, 6) is -0.147. The average molecular weight is 364 g/mol. The number of benzene rings is 1. The van der Waals surface area contributed by atoms with Gasteiger partial charge in [0.25, 0.3) is 5.91 Å². The van der Waals surface area contributed by atoms with Crippen LogP contribution in [0.25, 0.3) is 0 Å². The molecular formula is C18H24N2O6. The fraction of sp³-hybridized carbons (Fsp3) is 0.556. The molecule has 8 heteroatoms. The van der Waals surface area contributed by atoms with Gasteiger partial charge in [-0.05, 0) is 30.4 Å². The molecule has 0 radical (unpaired) electrons. The van der Waals surface area contributed by atoms with Gasteiger partial charge in [-0.2, -0.15) is 0 Å². The summed E-state index contributed by atoms with van der Waals surface area (Å²) in [6, 6.07) is 3.82. The second-order valence-electron chi connectivity index (χ2n) is 6.66. The number of ether oxygens (including phenoxy) is 2. The molecule has 0 aliphatic heterocycles. The topological polar surface area (TPSA) is 108 Å². The molecule has 1 aromatic carbocycles. The standard InChI is InChI=1S/C18H24N2O6/c1-11-5-4-6-14(12(11)2)19-17(21)10-26-16-8-7-13(18(22)25-3)9-15(16)20(23)24/h7-9,11-12,14H,4-6,10H2,1-3H3,(H,19,21)/t11-,12-,14+/m1/s1. The summed E-state index contributed by atoms with van der Waals surface area (Å²) < 4.78 is 9.87. The highest BCUT2D eigenvalue weighted by Gasteiger charge is 2.28. The van der Waals surface area contributed by atoms with Crippen LogP contribution < -0.4 is 10.1 Å². The predicted octanol–water partition coefficient (Wildman–Crippen LogP) is 2.70. The van der Waals surface area contributed by atoms with Gasteiger partial charge in [0, 0.05) is 12.1 Å². The van der Waals surface area contributed by atoms with E-state index < -0.39 is 10.9 Å². The van der Waals surface area contributed by atoms with Crippen LogP contribution in [-0.2, 0) is 9.53 Å². The Morgan fingerprint density at radius 3 is 2.69 bits per heavy atom. The second-order valence-corrected chi connectivity index (χ2v) is 6.66. The Morgan fingerprint density at radius 2 is 2.04 bits per heavy atom. The van der Waals surface area contributed by atoms with Crippen molar-refractivity contribution < 1.29 is 24.0 Å². The third kappa shape index (κ3) is 4.71. The monoisotopic (exact) mass is 364 g/mol. The molecule has 1 amide bonds. The van der Waals surface area contributed by atoms with Gasteiger partial charge in [-0.3, -0.25) is 14.9 Å². The van der Waals surface area contributed by atoms with Crippen molar-refractivity contribution in [2.45, 2.75) is 39.2 Å². The van der Waals surface area contributed by atoms with Crippen LogP contribution >= 0.6 is 0 Å². The zero-order chi connectivity index (χ0) is 19.3. The van der Waals surface area contributed by atoms with Crippen molar-refractivity contribution in [1.82, 2.24) is 5.32 Å². The molecule has 2 rings (SSSR count). The lowest BCUT2D eigenvalue weighted by atomic mass is 9.78. The molecule has 1 saturated carbocycles. The highest BCUT2D eigenvalue weighted by atomic mass is 16.6. The quantitative estimate of drug-likeness (QED) is 0.472. The Balaban J connectivity index is 2.00. The lowest BCUT2D eigenvalue weighted by Gasteiger charge is -2.34. The first-order chi connectivity index (χ1) is 12.3. The molecule has 0 heterocycles. The molecule has 1 fully saturated rings. The van der Waals surface area contributed by atoms with E-state index in [4.69, 9.17) is 4.74 Å². The molecule has 1 aliphatic rings. The summed E-state index contributed by atoms with van der Waals surface area (Å²) in [4.78, 5) is 34.2. The number of carbonyl (C=O) groups excluding carboxylic acids is 2. The van der Waals surface area contributed by atoms with E-state index in [-0.39, 0.29) is 35.6 Å². The molecule has 8 nitrogen and oxygen atoms in total. The van der Waals surface area contributed by atoms with Gasteiger partial charge in [-0.25, -0.2) is 4.79 Å². The minimum atomic E-state index is -0.683. The molecule has 0 saturated heterocycles. The van der Waals surface area contributed by atoms with E-state index in [1.165, 1.54) is 19.2 Å². The number of esters is 1. The zero-order valence-electron chi connectivity index (χ0n) is 15.2. The molecule has 0 bridgehead atoms. The second kappa shape index (κ2) is 8.64. The lowest BCUT2D eigenvalue weighted by molar-refractivity contribution is -0.385. The Morgan fingerprint density at radius 1 is 1.31 bits per heavy atom. The maximum Gasteiger partial charge on any atom is 0.338 e. The maximum absolute atomic E-state index is 12.2. The first-order valence-electron chi connectivity index (χ1n) is 8.62. The normalized spacial score (nSPS) is 22.3. The van der Waals surface area contributed by atoms with Crippen LogP contribution in [0.4, 0.5) is 5.69 Å². The Bertz CT molecular complexity index is 690. The van der Waals surface area contributed by atoms with Gasteiger partial charge in [-0.15, -0.1) is 0 Å². The van der Waals surface area contributed by atoms with Crippen molar-refractivity contribution in [3.63, 3.8) is 0 Å². The summed E-state index contributed by atoms with van der Waals surface area (Å²) in [6.07, 6.45) is 3.14. The van der Waals surface area contributed by atoms with Gasteiger partial charge < -0.3 is 14.8 Å². The van der Waals surface area contributed by atoms with Gasteiger partial charge in [0.15, 0.2) is 12.4 Å². The number of hydrogen-bond acceptors (Lipinski definition) is 6. The Labute approximate surface area is 152 Å². The number of amides is 1. The summed E-state index contributed by atoms with van der Waals surface area (Å²) in [5, 5.41) is 14.1. The van der Waals surface area contributed by atoms with Gasteiger partial charge >= 0.3 is 11.7 Å². The number of carbonyl (C=O) groups is 2. The van der Waals surface area contributed by atoms with E-state index in [1.807, 2.05) is 0 Å². The van der Waals surface area contributed by atoms with E-state index >= 15 is 0 Å². The number of nitrogens with zero attached hydrogens (tertiary/aromatic N) is 1. The molecule has 0 unspecified atom stereocenters. The van der Waals surface area contributed by atoms with Crippen LogP contribution in [0, 0.1) is 22.0 Å². The number of hydrogen-bond donors (Lipinski definition) is 1. The van der Waals surface area contributed by atoms with E-state index in [2.05, 4.69) is 23.9 Å². The Kier molecular flexibility index (Phi) is 6.54. The van der Waals surface area contributed by atoms with Gasteiger partial charge in [0.05, 0.1) is 17.6 Å². The molecule has 3 atom stereocenters. The summed E-state index contributed by atoms with van der Waals surface area (Å²) in [6.45, 7) is 3.97. The highest BCUT2D eigenvalue weighted by molar-refractivity contribution is 5.90. The van der Waals surface area contributed by atoms with E-state index in [9.17, 15) is 19.7 Å². The van der Waals surface area contributed by atoms with Crippen molar-refractivity contribution in [1.29, 1.82) is 0 Å². The number of nitrogens with one attached hydrogen (secondary N) is 1. The number of nitro groups is 1. The summed E-state index contributed by atoms with van der Waals surface area (Å²) in [7, 11) is 1.19. The molecular weight excluding hydrogens is 340 g/mol. The first-order valence-corrected chi connectivity index (χ1v) is 8.62. The van der Waals surface area contributed by atoms with Gasteiger partial charge in [-0.1, -0.05) is 26.7 Å². The Hall–Kier alpha value is -2.64. The zero-order valence-corrected chi connectivity index (χ0v) is 15.2. The third-order valence-corrected chi connectivity index (χ3v) is 4.99. The fourth-order valence-corrected chi connectivity index (χ4v) is 3.20. The van der Waals surface area contributed by atoms with Crippen LogP contribution in [0.2, 0.25) is 0 Å². The molecule has 0 spiro atoms. The fourth-order valence-electron chi connectivity index (χ4n) is 3.20. The van der Waals surface area contributed by atoms with Crippen molar-refractivity contribution in [2.24, 2.45) is 11.8 Å². The molecule has 0 aromatic heterocycles. The average Bonchev–Trinajstić information content (AvgIpc) is 2.63. The van der Waals surface area contributed by atoms with Crippen molar-refractivity contribution >= 4 is 17.6 Å². The molecule has 26 heavy (non-hydrogen) atoms. The van der Waals surface area contributed by atoms with Crippen molar-refractivity contribution in [2.75, 3.05) is 13.7 Å². The lowest BCUT2D eigenvalue weighted by Crippen LogP contribution is -2.45. The number of rotatable bonds is 6. The van der Waals surface area contributed by atoms with E-state index in [0.29, 0.717) is 11.8 Å². The minimum Gasteiger partial charge on any atom is -0.477 e. The largest absolute Gasteiger partial charge is 0.477 e. The van der Waals surface area contributed by atoms with Crippen LogP contribution in [0.1, 0.15) is 43.5 Å². The smallest absolute Gasteiger partial charge is 0.338 e. The van der Waals surface area contributed by atoms with Crippen molar-refractivity contribution in [3.8, 4) is 5.75 Å². The predicted molar refractivity (Wildman–Crippen MR) is 94.0 cm³/mol. The minimum absolute atomic E-state index is 0.0426. The van der Waals surface area contributed by atoms with E-state index in [1.54, 1.807) is 0 Å². The van der Waals surface area contributed by atoms with Gasteiger partial charge in [0.1, 0.15) is 0 Å².